The first-order valence-corrected chi connectivity index (χ1v) is 4.83. The molecule has 1 heterocycles. The Labute approximate surface area is 82.6 Å². The van der Waals surface area contributed by atoms with E-state index in [-0.39, 0.29) is 0 Å². The van der Waals surface area contributed by atoms with Crippen molar-refractivity contribution >= 4 is 11.6 Å². The summed E-state index contributed by atoms with van der Waals surface area (Å²) in [5.41, 5.74) is 0.141. The van der Waals surface area contributed by atoms with Gasteiger partial charge in [0.25, 0.3) is 0 Å². The van der Waals surface area contributed by atoms with Crippen LogP contribution in [0.2, 0.25) is 5.15 Å². The molecule has 1 aromatic rings. The Morgan fingerprint density at radius 2 is 2.31 bits per heavy atom. The third-order valence-electron chi connectivity index (χ3n) is 2.68. The molecule has 3 heteroatoms. The van der Waals surface area contributed by atoms with Gasteiger partial charge in [0, 0.05) is 6.20 Å². The van der Waals surface area contributed by atoms with Crippen molar-refractivity contribution in [2.75, 3.05) is 0 Å². The van der Waals surface area contributed by atoms with E-state index >= 15 is 0 Å². The lowest BCUT2D eigenvalue weighted by Crippen LogP contribution is -2.23. The molecule has 0 saturated heterocycles. The van der Waals surface area contributed by atoms with Crippen LogP contribution in [0.1, 0.15) is 25.3 Å². The molecule has 13 heavy (non-hydrogen) atoms. The molecule has 1 N–H and O–H groups in total. The molecule has 1 aliphatic rings. The summed E-state index contributed by atoms with van der Waals surface area (Å²) in [7, 11) is 0. The summed E-state index contributed by atoms with van der Waals surface area (Å²) in [6.07, 6.45) is 3.84. The van der Waals surface area contributed by atoms with Crippen molar-refractivity contribution in [3.8, 4) is 0 Å². The molecule has 70 valence electrons. The highest BCUT2D eigenvalue weighted by molar-refractivity contribution is 6.29. The van der Waals surface area contributed by atoms with E-state index in [0.717, 1.165) is 18.4 Å². The fourth-order valence-electron chi connectivity index (χ4n) is 1.60. The zero-order chi connectivity index (χ0) is 9.47. The molecular weight excluding hydrogens is 186 g/mol. The van der Waals surface area contributed by atoms with Crippen molar-refractivity contribution in [1.82, 2.24) is 4.98 Å². The van der Waals surface area contributed by atoms with Gasteiger partial charge in [-0.15, -0.1) is 0 Å². The van der Waals surface area contributed by atoms with Crippen molar-refractivity contribution in [3.05, 3.63) is 29.0 Å². The minimum atomic E-state index is -0.730. The van der Waals surface area contributed by atoms with Gasteiger partial charge in [0.2, 0.25) is 0 Å². The standard InChI is InChI=1S/C10H12ClNO/c1-10(13,7-2-3-7)8-4-5-12-9(11)6-8/h4-7,13H,2-3H2,1H3. The monoisotopic (exact) mass is 197 g/mol. The van der Waals surface area contributed by atoms with Crippen molar-refractivity contribution in [3.63, 3.8) is 0 Å². The van der Waals surface area contributed by atoms with Crippen LogP contribution in [0.3, 0.4) is 0 Å². The van der Waals surface area contributed by atoms with Gasteiger partial charge in [0.05, 0.1) is 5.60 Å². The molecule has 0 spiro atoms. The number of hydrogen-bond donors (Lipinski definition) is 1. The van der Waals surface area contributed by atoms with Crippen molar-refractivity contribution < 1.29 is 5.11 Å². The van der Waals surface area contributed by atoms with Crippen LogP contribution in [0.4, 0.5) is 0 Å². The highest BCUT2D eigenvalue weighted by atomic mass is 35.5. The minimum Gasteiger partial charge on any atom is -0.385 e. The smallest absolute Gasteiger partial charge is 0.129 e. The molecule has 0 bridgehead atoms. The molecule has 0 aromatic carbocycles. The number of aliphatic hydroxyl groups is 1. The summed E-state index contributed by atoms with van der Waals surface area (Å²) in [5.74, 6) is 0.394. The molecule has 1 aliphatic carbocycles. The minimum absolute atomic E-state index is 0.394. The van der Waals surface area contributed by atoms with E-state index in [0.29, 0.717) is 11.1 Å². The average Bonchev–Trinajstić information content (AvgIpc) is 2.86. The molecule has 2 nitrogen and oxygen atoms in total. The number of rotatable bonds is 2. The lowest BCUT2D eigenvalue weighted by Gasteiger charge is -2.23. The van der Waals surface area contributed by atoms with E-state index in [1.54, 1.807) is 12.3 Å². The lowest BCUT2D eigenvalue weighted by molar-refractivity contribution is 0.0330. The fraction of sp³-hybridized carbons (Fsp3) is 0.500. The fourth-order valence-corrected chi connectivity index (χ4v) is 1.77. The molecule has 1 aromatic heterocycles. The summed E-state index contributed by atoms with van der Waals surface area (Å²) in [5, 5.41) is 10.6. The molecule has 0 aliphatic heterocycles. The molecule has 1 atom stereocenters. The average molecular weight is 198 g/mol. The molecule has 1 saturated carbocycles. The summed E-state index contributed by atoms with van der Waals surface area (Å²) >= 11 is 5.75. The first-order chi connectivity index (χ1) is 6.10. The van der Waals surface area contributed by atoms with Gasteiger partial charge in [-0.1, -0.05) is 11.6 Å². The third kappa shape index (κ3) is 1.69. The van der Waals surface area contributed by atoms with Gasteiger partial charge in [0.1, 0.15) is 5.15 Å². The maximum absolute atomic E-state index is 10.2. The van der Waals surface area contributed by atoms with Crippen molar-refractivity contribution in [1.29, 1.82) is 0 Å². The predicted octanol–water partition coefficient (Wildman–Crippen LogP) is 2.35. The lowest BCUT2D eigenvalue weighted by atomic mass is 9.92. The largest absolute Gasteiger partial charge is 0.385 e. The second-order valence-corrected chi connectivity index (χ2v) is 4.18. The maximum atomic E-state index is 10.2. The van der Waals surface area contributed by atoms with Gasteiger partial charge in [-0.25, -0.2) is 4.98 Å². The van der Waals surface area contributed by atoms with E-state index in [1.807, 2.05) is 13.0 Å². The second kappa shape index (κ2) is 2.96. The quantitative estimate of drug-likeness (QED) is 0.739. The first kappa shape index (κ1) is 8.97. The van der Waals surface area contributed by atoms with Crippen LogP contribution < -0.4 is 0 Å². The van der Waals surface area contributed by atoms with Crippen LogP contribution in [0.25, 0.3) is 0 Å². The molecule has 0 radical (unpaired) electrons. The topological polar surface area (TPSA) is 33.1 Å². The Morgan fingerprint density at radius 3 is 2.85 bits per heavy atom. The summed E-state index contributed by atoms with van der Waals surface area (Å²) < 4.78 is 0. The van der Waals surface area contributed by atoms with E-state index in [9.17, 15) is 5.11 Å². The van der Waals surface area contributed by atoms with Gasteiger partial charge in [-0.2, -0.15) is 0 Å². The summed E-state index contributed by atoms with van der Waals surface area (Å²) in [6, 6.07) is 3.56. The molecular formula is C10H12ClNO. The maximum Gasteiger partial charge on any atom is 0.129 e. The zero-order valence-corrected chi connectivity index (χ0v) is 8.25. The molecule has 0 amide bonds. The van der Waals surface area contributed by atoms with Crippen LogP contribution >= 0.6 is 11.6 Å². The number of pyridine rings is 1. The van der Waals surface area contributed by atoms with Crippen LogP contribution in [-0.2, 0) is 5.60 Å². The normalized spacial score (nSPS) is 21.2. The number of nitrogens with zero attached hydrogens (tertiary/aromatic N) is 1. The van der Waals surface area contributed by atoms with Gasteiger partial charge in [0.15, 0.2) is 0 Å². The highest BCUT2D eigenvalue weighted by Gasteiger charge is 2.41. The summed E-state index contributed by atoms with van der Waals surface area (Å²) in [4.78, 5) is 3.89. The SMILES string of the molecule is CC(O)(c1ccnc(Cl)c1)C1CC1. The van der Waals surface area contributed by atoms with Gasteiger partial charge >= 0.3 is 0 Å². The van der Waals surface area contributed by atoms with Gasteiger partial charge < -0.3 is 5.11 Å². The number of halogens is 1. The van der Waals surface area contributed by atoms with E-state index < -0.39 is 5.60 Å². The summed E-state index contributed by atoms with van der Waals surface area (Å²) in [6.45, 7) is 1.84. The van der Waals surface area contributed by atoms with Crippen molar-refractivity contribution in [2.45, 2.75) is 25.4 Å². The van der Waals surface area contributed by atoms with Crippen molar-refractivity contribution in [2.24, 2.45) is 5.92 Å². The van der Waals surface area contributed by atoms with Crippen LogP contribution in [-0.4, -0.2) is 10.1 Å². The highest BCUT2D eigenvalue weighted by Crippen LogP contribution is 2.45. The Kier molecular flexibility index (Phi) is 2.05. The van der Waals surface area contributed by atoms with E-state index in [4.69, 9.17) is 11.6 Å². The Hall–Kier alpha value is -0.600. The number of hydrogen-bond acceptors (Lipinski definition) is 2. The predicted molar refractivity (Wildman–Crippen MR) is 51.5 cm³/mol. The van der Waals surface area contributed by atoms with Gasteiger partial charge in [-0.05, 0) is 43.4 Å². The third-order valence-corrected chi connectivity index (χ3v) is 2.89. The Bertz CT molecular complexity index is 320. The molecule has 2 rings (SSSR count). The van der Waals surface area contributed by atoms with Gasteiger partial charge in [-0.3, -0.25) is 0 Å². The van der Waals surface area contributed by atoms with Crippen LogP contribution in [0.15, 0.2) is 18.3 Å². The van der Waals surface area contributed by atoms with E-state index in [2.05, 4.69) is 4.98 Å². The Balaban J connectivity index is 2.33. The van der Waals surface area contributed by atoms with Crippen LogP contribution in [0.5, 0.6) is 0 Å². The van der Waals surface area contributed by atoms with E-state index in [1.165, 1.54) is 0 Å². The Morgan fingerprint density at radius 1 is 1.62 bits per heavy atom. The molecule has 1 unspecified atom stereocenters. The first-order valence-electron chi connectivity index (χ1n) is 4.45. The zero-order valence-electron chi connectivity index (χ0n) is 7.50. The van der Waals surface area contributed by atoms with Crippen LogP contribution in [0, 0.1) is 5.92 Å². The second-order valence-electron chi connectivity index (χ2n) is 3.79. The molecule has 1 fully saturated rings. The number of aromatic nitrogens is 1.